The maximum Gasteiger partial charge on any atom is 0.327 e. The third kappa shape index (κ3) is 5.18. The van der Waals surface area contributed by atoms with Gasteiger partial charge in [-0.25, -0.2) is 4.79 Å². The number of amides is 3. The van der Waals surface area contributed by atoms with Gasteiger partial charge < -0.3 is 10.2 Å². The van der Waals surface area contributed by atoms with E-state index in [-0.39, 0.29) is 35.7 Å². The van der Waals surface area contributed by atoms with Crippen LogP contribution in [0, 0.1) is 5.41 Å². The molecule has 1 saturated carbocycles. The number of nitrogens with zero attached hydrogens (tertiary/aromatic N) is 2. The third-order valence-electron chi connectivity index (χ3n) is 9.01. The molecule has 3 aliphatic rings. The van der Waals surface area contributed by atoms with E-state index in [1.807, 2.05) is 13.0 Å². The maximum atomic E-state index is 14.0. The molecular formula is C29H43N3O3. The smallest absolute Gasteiger partial charge is 0.311 e. The molecule has 1 aromatic rings. The lowest BCUT2D eigenvalue weighted by Crippen LogP contribution is -2.68. The summed E-state index contributed by atoms with van der Waals surface area (Å²) in [6, 6.07) is 8.46. The summed E-state index contributed by atoms with van der Waals surface area (Å²) in [4.78, 5) is 43.1. The van der Waals surface area contributed by atoms with Gasteiger partial charge in [0.2, 0.25) is 0 Å². The van der Waals surface area contributed by atoms with Crippen LogP contribution >= 0.6 is 0 Å². The van der Waals surface area contributed by atoms with Gasteiger partial charge in [-0.2, -0.15) is 0 Å². The Morgan fingerprint density at radius 1 is 0.886 bits per heavy atom. The summed E-state index contributed by atoms with van der Waals surface area (Å²) >= 11 is 0. The molecule has 0 aromatic heterocycles. The Kier molecular flexibility index (Phi) is 8.31. The molecule has 2 atom stereocenters. The van der Waals surface area contributed by atoms with Crippen LogP contribution in [0.4, 0.5) is 4.79 Å². The van der Waals surface area contributed by atoms with Crippen LogP contribution in [-0.4, -0.2) is 59.2 Å². The molecule has 3 fully saturated rings. The molecule has 6 heteroatoms. The van der Waals surface area contributed by atoms with Crippen LogP contribution in [0.3, 0.4) is 0 Å². The fourth-order valence-corrected chi connectivity index (χ4v) is 6.90. The van der Waals surface area contributed by atoms with Crippen molar-refractivity contribution in [1.29, 1.82) is 0 Å². The molecule has 6 nitrogen and oxygen atoms in total. The predicted octanol–water partition coefficient (Wildman–Crippen LogP) is 5.57. The summed E-state index contributed by atoms with van der Waals surface area (Å²) in [5.74, 6) is -0.443. The van der Waals surface area contributed by atoms with Crippen LogP contribution in [-0.2, 0) is 4.79 Å². The first-order chi connectivity index (χ1) is 16.9. The number of benzene rings is 1. The number of hydrogen-bond acceptors (Lipinski definition) is 4. The summed E-state index contributed by atoms with van der Waals surface area (Å²) in [6.07, 6.45) is 15.8. The molecule has 1 spiro atoms. The van der Waals surface area contributed by atoms with E-state index < -0.39 is 5.54 Å². The van der Waals surface area contributed by atoms with Gasteiger partial charge in [0.05, 0.1) is 6.54 Å². The number of rotatable bonds is 4. The standard InChI is InChI=1S/C29H43N3O3/c1-28(26(34)32(27(35)31(28)2)22-24(33)23-16-11-10-12-17-23)25-29(20-15-21-30-25)18-13-8-6-4-3-5-7-9-14-19-29/h10-12,16-17,25,30H,3-9,13-15,18-22H2,1-2H3. The highest BCUT2D eigenvalue weighted by Gasteiger charge is 2.62. The highest BCUT2D eigenvalue weighted by Crippen LogP contribution is 2.48. The fourth-order valence-electron chi connectivity index (χ4n) is 6.90. The number of hydrogen-bond donors (Lipinski definition) is 1. The largest absolute Gasteiger partial charge is 0.327 e. The van der Waals surface area contributed by atoms with Crippen LogP contribution in [0.15, 0.2) is 30.3 Å². The van der Waals surface area contributed by atoms with Crippen LogP contribution in [0.2, 0.25) is 0 Å². The molecule has 1 aromatic carbocycles. The van der Waals surface area contributed by atoms with Gasteiger partial charge in [-0.05, 0) is 44.6 Å². The highest BCUT2D eigenvalue weighted by atomic mass is 16.2. The van der Waals surface area contributed by atoms with Gasteiger partial charge in [-0.1, -0.05) is 88.1 Å². The number of imide groups is 1. The molecule has 192 valence electrons. The van der Waals surface area contributed by atoms with Gasteiger partial charge in [-0.3, -0.25) is 14.5 Å². The van der Waals surface area contributed by atoms with Gasteiger partial charge in [0.15, 0.2) is 5.78 Å². The SMILES string of the molecule is CN1C(=O)N(CC(=O)c2ccccc2)C(=O)C1(C)C1NCCCC12CCCCCCCCCCC2. The first-order valence-electron chi connectivity index (χ1n) is 13.8. The number of likely N-dealkylation sites (N-methyl/N-ethyl adjacent to an activating group) is 1. The number of Topliss-reactive ketones (excluding diaryl/α,β-unsaturated/α-hetero) is 1. The number of urea groups is 1. The van der Waals surface area contributed by atoms with Gasteiger partial charge in [0.1, 0.15) is 5.54 Å². The Morgan fingerprint density at radius 3 is 2.03 bits per heavy atom. The van der Waals surface area contributed by atoms with Crippen LogP contribution < -0.4 is 5.32 Å². The molecule has 1 N–H and O–H groups in total. The Labute approximate surface area is 210 Å². The first-order valence-corrected chi connectivity index (χ1v) is 13.8. The molecule has 2 aliphatic heterocycles. The minimum absolute atomic E-state index is 0.00412. The average Bonchev–Trinajstić information content (AvgIpc) is 3.03. The number of carbonyl (C=O) groups excluding carboxylic acids is 3. The van der Waals surface area contributed by atoms with Crippen molar-refractivity contribution in [2.45, 2.75) is 102 Å². The van der Waals surface area contributed by atoms with E-state index in [0.717, 1.165) is 32.2 Å². The minimum Gasteiger partial charge on any atom is -0.311 e. The van der Waals surface area contributed by atoms with Crippen molar-refractivity contribution in [3.8, 4) is 0 Å². The Morgan fingerprint density at radius 2 is 1.43 bits per heavy atom. The van der Waals surface area contributed by atoms with Crippen molar-refractivity contribution in [2.75, 3.05) is 20.1 Å². The molecule has 2 heterocycles. The summed E-state index contributed by atoms with van der Waals surface area (Å²) < 4.78 is 0. The molecule has 0 bridgehead atoms. The molecule has 3 amide bonds. The average molecular weight is 482 g/mol. The van der Waals surface area contributed by atoms with Crippen LogP contribution in [0.25, 0.3) is 0 Å². The van der Waals surface area contributed by atoms with Gasteiger partial charge >= 0.3 is 6.03 Å². The zero-order valence-electron chi connectivity index (χ0n) is 21.7. The van der Waals surface area contributed by atoms with E-state index in [9.17, 15) is 14.4 Å². The minimum atomic E-state index is -0.995. The summed E-state index contributed by atoms with van der Waals surface area (Å²) in [6.45, 7) is 2.59. The monoisotopic (exact) mass is 481 g/mol. The number of nitrogens with one attached hydrogen (secondary N) is 1. The van der Waals surface area contributed by atoms with Crippen molar-refractivity contribution in [2.24, 2.45) is 5.41 Å². The van der Waals surface area contributed by atoms with E-state index in [4.69, 9.17) is 0 Å². The van der Waals surface area contributed by atoms with Crippen molar-refractivity contribution < 1.29 is 14.4 Å². The molecule has 35 heavy (non-hydrogen) atoms. The van der Waals surface area contributed by atoms with E-state index in [1.165, 1.54) is 62.7 Å². The highest BCUT2D eigenvalue weighted by molar-refractivity contribution is 6.11. The number of piperidine rings is 1. The lowest BCUT2D eigenvalue weighted by atomic mass is 9.61. The molecule has 2 unspecified atom stereocenters. The van der Waals surface area contributed by atoms with E-state index in [2.05, 4.69) is 5.32 Å². The van der Waals surface area contributed by atoms with Gasteiger partial charge in [-0.15, -0.1) is 0 Å². The van der Waals surface area contributed by atoms with Crippen molar-refractivity contribution >= 4 is 17.7 Å². The van der Waals surface area contributed by atoms with Crippen molar-refractivity contribution in [3.05, 3.63) is 35.9 Å². The molecule has 4 rings (SSSR count). The number of ketones is 1. The van der Waals surface area contributed by atoms with E-state index >= 15 is 0 Å². The van der Waals surface area contributed by atoms with Crippen LogP contribution in [0.5, 0.6) is 0 Å². The van der Waals surface area contributed by atoms with Gasteiger partial charge in [0, 0.05) is 18.7 Å². The van der Waals surface area contributed by atoms with Crippen LogP contribution in [0.1, 0.15) is 101 Å². The van der Waals surface area contributed by atoms with Crippen molar-refractivity contribution in [3.63, 3.8) is 0 Å². The summed E-state index contributed by atoms with van der Waals surface area (Å²) in [5.41, 5.74) is -0.475. The second-order valence-corrected chi connectivity index (χ2v) is 11.2. The predicted molar refractivity (Wildman–Crippen MR) is 138 cm³/mol. The first kappa shape index (κ1) is 25.9. The lowest BCUT2D eigenvalue weighted by Gasteiger charge is -2.52. The van der Waals surface area contributed by atoms with Crippen molar-refractivity contribution in [1.82, 2.24) is 15.1 Å². The second-order valence-electron chi connectivity index (χ2n) is 11.2. The van der Waals surface area contributed by atoms with E-state index in [0.29, 0.717) is 5.56 Å². The topological polar surface area (TPSA) is 69.7 Å². The Balaban J connectivity index is 1.59. The summed E-state index contributed by atoms with van der Waals surface area (Å²) in [7, 11) is 1.74. The Hall–Kier alpha value is -2.21. The normalized spacial score (nSPS) is 28.6. The molecule has 0 radical (unpaired) electrons. The molecule has 2 saturated heterocycles. The zero-order chi connectivity index (χ0) is 24.9. The molecular weight excluding hydrogens is 438 g/mol. The second kappa shape index (κ2) is 11.2. The quantitative estimate of drug-likeness (QED) is 0.451. The summed E-state index contributed by atoms with van der Waals surface area (Å²) in [5, 5.41) is 3.73. The maximum absolute atomic E-state index is 14.0. The van der Waals surface area contributed by atoms with E-state index in [1.54, 1.807) is 36.2 Å². The Bertz CT molecular complexity index is 890. The van der Waals surface area contributed by atoms with Gasteiger partial charge in [0.25, 0.3) is 5.91 Å². The number of carbonyl (C=O) groups is 3. The fraction of sp³-hybridized carbons (Fsp3) is 0.690. The molecule has 1 aliphatic carbocycles. The lowest BCUT2D eigenvalue weighted by molar-refractivity contribution is -0.136. The third-order valence-corrected chi connectivity index (χ3v) is 9.01. The zero-order valence-corrected chi connectivity index (χ0v) is 21.7.